The Morgan fingerprint density at radius 2 is 1.70 bits per heavy atom. The largest absolute Gasteiger partial charge is 0.372 e. The monoisotopic (exact) mass is 734 g/mol. The highest BCUT2D eigenvalue weighted by Gasteiger charge is 2.25. The zero-order chi connectivity index (χ0) is 38.0. The minimum Gasteiger partial charge on any atom is -0.372 e. The Hall–Kier alpha value is -4.37. The van der Waals surface area contributed by atoms with Crippen molar-refractivity contribution in [2.45, 2.75) is 97.8 Å². The van der Waals surface area contributed by atoms with Crippen molar-refractivity contribution in [1.82, 2.24) is 5.32 Å². The van der Waals surface area contributed by atoms with E-state index in [0.29, 0.717) is 23.7 Å². The van der Waals surface area contributed by atoms with E-state index in [9.17, 15) is 9.59 Å². The number of ketones is 2. The van der Waals surface area contributed by atoms with Crippen LogP contribution in [0.2, 0.25) is 0 Å². The Morgan fingerprint density at radius 1 is 0.944 bits per heavy atom. The number of nitrogens with zero attached hydrogens (tertiary/aromatic N) is 3. The standard InChI is InChI=1S/C45H59FN6O2/c1-4-35-17-21-48-30-40(35)50-44(5-2)49-37-13-15-41(39(46)29-37)52-24-19-33(20-25-52)9-6-8-32-10-7-22-51(23-18-32)38-14-12-36(31(3)26-38)27-34-11-16-42(53)45(47)43(54)28-34/h4-5,12-15,26-27,29,32-33,47-49H,6-11,16-25,28,30H2,1-3H3/b34-27?,35-4-,44-5+,47-45?,50-40-. The van der Waals surface area contributed by atoms with Gasteiger partial charge in [0.1, 0.15) is 17.3 Å². The molecule has 1 aliphatic carbocycles. The van der Waals surface area contributed by atoms with Gasteiger partial charge >= 0.3 is 0 Å². The highest BCUT2D eigenvalue weighted by atomic mass is 19.1. The third kappa shape index (κ3) is 10.2. The number of carbonyl (C=O) groups excluding carboxylic acids is 2. The number of hydrogen-bond acceptors (Lipinski definition) is 8. The Bertz CT molecular complexity index is 1820. The van der Waals surface area contributed by atoms with Crippen molar-refractivity contribution < 1.29 is 14.0 Å². The molecule has 288 valence electrons. The summed E-state index contributed by atoms with van der Waals surface area (Å²) in [4.78, 5) is 33.7. The van der Waals surface area contributed by atoms with Crippen molar-refractivity contribution in [2.75, 3.05) is 54.4 Å². The maximum absolute atomic E-state index is 15.4. The lowest BCUT2D eigenvalue weighted by Gasteiger charge is -2.34. The summed E-state index contributed by atoms with van der Waals surface area (Å²) in [7, 11) is 0. The number of aliphatic imine (C=N–C) groups is 1. The van der Waals surface area contributed by atoms with Crippen molar-refractivity contribution in [3.8, 4) is 0 Å². The summed E-state index contributed by atoms with van der Waals surface area (Å²) in [5.41, 5.74) is 7.79. The number of rotatable bonds is 10. The molecule has 6 rings (SSSR count). The van der Waals surface area contributed by atoms with Gasteiger partial charge in [-0.05, 0) is 137 Å². The molecule has 8 nitrogen and oxygen atoms in total. The van der Waals surface area contributed by atoms with Crippen LogP contribution in [0.15, 0.2) is 70.5 Å². The number of benzene rings is 2. The van der Waals surface area contributed by atoms with E-state index in [1.54, 1.807) is 6.07 Å². The normalized spacial score (nSPS) is 23.3. The smallest absolute Gasteiger partial charge is 0.188 e. The SMILES string of the molecule is C/C=C1/CCNC/C1=N/C(=C/C)Nc1ccc(N2CCC(CCCC3CCCN(c4ccc(C=C5CCC(=O)C(=N)C(=O)C5)c(C)c4)CC3)CC2)c(F)c1. The van der Waals surface area contributed by atoms with Crippen LogP contribution in [-0.2, 0) is 9.59 Å². The van der Waals surface area contributed by atoms with Gasteiger partial charge in [0, 0.05) is 56.9 Å². The molecule has 0 aromatic heterocycles. The van der Waals surface area contributed by atoms with Crippen molar-refractivity contribution in [1.29, 1.82) is 5.41 Å². The van der Waals surface area contributed by atoms with E-state index in [-0.39, 0.29) is 35.9 Å². The Balaban J connectivity index is 0.927. The number of anilines is 3. The number of aryl methyl sites for hydroxylation is 1. The van der Waals surface area contributed by atoms with E-state index >= 15 is 4.39 Å². The predicted molar refractivity (Wildman–Crippen MR) is 222 cm³/mol. The molecule has 4 fully saturated rings. The molecule has 0 bridgehead atoms. The van der Waals surface area contributed by atoms with Crippen LogP contribution in [0, 0.1) is 30.0 Å². The summed E-state index contributed by atoms with van der Waals surface area (Å²) in [5, 5.41) is 14.5. The zero-order valence-corrected chi connectivity index (χ0v) is 32.6. The first kappa shape index (κ1) is 39.3. The number of allylic oxidation sites excluding steroid dienone is 3. The highest BCUT2D eigenvalue weighted by Crippen LogP contribution is 2.33. The second-order valence-corrected chi connectivity index (χ2v) is 15.7. The van der Waals surface area contributed by atoms with Crippen LogP contribution in [0.1, 0.15) is 102 Å². The van der Waals surface area contributed by atoms with Crippen LogP contribution in [0.5, 0.6) is 0 Å². The Labute approximate surface area is 321 Å². The van der Waals surface area contributed by atoms with E-state index in [4.69, 9.17) is 10.4 Å². The molecule has 0 radical (unpaired) electrons. The van der Waals surface area contributed by atoms with E-state index in [1.165, 1.54) is 55.3 Å². The Morgan fingerprint density at radius 3 is 2.43 bits per heavy atom. The lowest BCUT2D eigenvalue weighted by molar-refractivity contribution is -0.116. The minimum atomic E-state index is -0.369. The number of piperidine rings is 2. The molecule has 3 N–H and O–H groups in total. The van der Waals surface area contributed by atoms with Gasteiger partial charge in [0.05, 0.1) is 11.4 Å². The molecule has 1 unspecified atom stereocenters. The predicted octanol–water partition coefficient (Wildman–Crippen LogP) is 9.21. The van der Waals surface area contributed by atoms with Gasteiger partial charge in [0.25, 0.3) is 0 Å². The quantitative estimate of drug-likeness (QED) is 0.211. The van der Waals surface area contributed by atoms with Gasteiger partial charge in [0.2, 0.25) is 0 Å². The summed E-state index contributed by atoms with van der Waals surface area (Å²) in [5.74, 6) is 1.30. The molecule has 1 atom stereocenters. The first-order valence-electron chi connectivity index (χ1n) is 20.3. The van der Waals surface area contributed by atoms with Crippen molar-refractivity contribution in [2.24, 2.45) is 16.8 Å². The molecule has 0 amide bonds. The third-order valence-electron chi connectivity index (χ3n) is 12.0. The molecule has 2 aromatic carbocycles. The average molecular weight is 735 g/mol. The van der Waals surface area contributed by atoms with Crippen LogP contribution in [0.4, 0.5) is 21.5 Å². The van der Waals surface area contributed by atoms with Crippen LogP contribution >= 0.6 is 0 Å². The molecule has 3 aliphatic heterocycles. The van der Waals surface area contributed by atoms with Gasteiger partial charge in [-0.3, -0.25) is 15.0 Å². The van der Waals surface area contributed by atoms with E-state index in [0.717, 1.165) is 87.1 Å². The number of Topliss-reactive ketones (excluding diaryl/α,β-unsaturated/α-hetero) is 2. The van der Waals surface area contributed by atoms with Gasteiger partial charge in [-0.1, -0.05) is 43.1 Å². The van der Waals surface area contributed by atoms with Crippen LogP contribution in [0.3, 0.4) is 0 Å². The lowest BCUT2D eigenvalue weighted by Crippen LogP contribution is -2.34. The maximum Gasteiger partial charge on any atom is 0.188 e. The van der Waals surface area contributed by atoms with Gasteiger partial charge in [0.15, 0.2) is 11.6 Å². The zero-order valence-electron chi connectivity index (χ0n) is 32.6. The lowest BCUT2D eigenvalue weighted by atomic mass is 9.88. The average Bonchev–Trinajstić information content (AvgIpc) is 3.49. The number of hydrogen-bond donors (Lipinski definition) is 3. The Kier molecular flexibility index (Phi) is 13.7. The first-order chi connectivity index (χ1) is 26.2. The molecular weight excluding hydrogens is 676 g/mol. The maximum atomic E-state index is 15.4. The van der Waals surface area contributed by atoms with E-state index in [2.05, 4.69) is 58.6 Å². The fourth-order valence-corrected chi connectivity index (χ4v) is 8.58. The summed E-state index contributed by atoms with van der Waals surface area (Å²) in [6, 6.07) is 12.1. The first-order valence-corrected chi connectivity index (χ1v) is 20.3. The number of halogens is 1. The number of nitrogens with one attached hydrogen (secondary N) is 3. The van der Waals surface area contributed by atoms with Crippen molar-refractivity contribution >= 4 is 46.1 Å². The van der Waals surface area contributed by atoms with Gasteiger partial charge in [-0.25, -0.2) is 9.38 Å². The van der Waals surface area contributed by atoms with Crippen molar-refractivity contribution in [3.05, 3.63) is 82.5 Å². The fourth-order valence-electron chi connectivity index (χ4n) is 8.58. The third-order valence-corrected chi connectivity index (χ3v) is 12.0. The van der Waals surface area contributed by atoms with Crippen LogP contribution in [-0.4, -0.2) is 62.3 Å². The van der Waals surface area contributed by atoms with Crippen LogP contribution in [0.25, 0.3) is 6.08 Å². The molecule has 9 heteroatoms. The molecule has 2 aromatic rings. The molecule has 54 heavy (non-hydrogen) atoms. The molecule has 1 saturated carbocycles. The van der Waals surface area contributed by atoms with E-state index in [1.807, 2.05) is 31.2 Å². The topological polar surface area (TPSA) is 101 Å². The van der Waals surface area contributed by atoms with Gasteiger partial charge in [-0.15, -0.1) is 0 Å². The minimum absolute atomic E-state index is 0.164. The highest BCUT2D eigenvalue weighted by molar-refractivity contribution is 6.65. The van der Waals surface area contributed by atoms with Gasteiger partial charge in [-0.2, -0.15) is 0 Å². The molecule has 0 spiro atoms. The van der Waals surface area contributed by atoms with Crippen LogP contribution < -0.4 is 20.4 Å². The summed E-state index contributed by atoms with van der Waals surface area (Å²) >= 11 is 0. The number of carbonyl (C=O) groups is 2. The molecule has 3 heterocycles. The second-order valence-electron chi connectivity index (χ2n) is 15.7. The fraction of sp³-hybridized carbons (Fsp3) is 0.511. The van der Waals surface area contributed by atoms with Crippen molar-refractivity contribution in [3.63, 3.8) is 0 Å². The molecule has 4 aliphatic rings. The van der Waals surface area contributed by atoms with Gasteiger partial charge < -0.3 is 20.4 Å². The molecular formula is C45H59FN6O2. The van der Waals surface area contributed by atoms with E-state index < -0.39 is 0 Å². The summed E-state index contributed by atoms with van der Waals surface area (Å²) < 4.78 is 15.4. The summed E-state index contributed by atoms with van der Waals surface area (Å²) in [6.07, 6.45) is 17.8. The second kappa shape index (κ2) is 18.8. The summed E-state index contributed by atoms with van der Waals surface area (Å²) in [6.45, 7) is 11.8. The molecule has 3 saturated heterocycles.